The van der Waals surface area contributed by atoms with Gasteiger partial charge in [0, 0.05) is 44.5 Å². The SMILES string of the molecule is CC(=O)O/C(=C(\C(C)C)N(C(=O)c1ccc(C(=O)N2CCOCC2)cc1)C(=O)[C@@H]1C[C@@H](OC(C)=O)CN1C(=O)[C@@H](N)C(C)C)C(F)(F)C(F)(F)F. The van der Waals surface area contributed by atoms with Gasteiger partial charge >= 0.3 is 24.0 Å². The number of carbonyl (C=O) groups is 6. The van der Waals surface area contributed by atoms with Crippen LogP contribution in [0.1, 0.15) is 68.7 Å². The van der Waals surface area contributed by atoms with Crippen LogP contribution in [-0.4, -0.2) is 113 Å². The Balaban J connectivity index is 2.28. The largest absolute Gasteiger partial charge is 0.461 e. The van der Waals surface area contributed by atoms with E-state index in [9.17, 15) is 41.9 Å². The zero-order valence-electron chi connectivity index (χ0n) is 28.9. The van der Waals surface area contributed by atoms with Gasteiger partial charge in [0.15, 0.2) is 0 Å². The molecule has 13 nitrogen and oxygen atoms in total. The Morgan fingerprint density at radius 2 is 1.45 bits per heavy atom. The number of halogens is 5. The Bertz CT molecular complexity index is 1540. The van der Waals surface area contributed by atoms with Crippen LogP contribution in [0.2, 0.25) is 0 Å². The molecule has 2 saturated heterocycles. The molecular formula is C33H41F5N4O9. The molecule has 0 aromatic heterocycles. The van der Waals surface area contributed by atoms with Gasteiger partial charge < -0.3 is 29.7 Å². The number of allylic oxidation sites excluding steroid dienone is 2. The number of nitrogens with two attached hydrogens (primary N) is 1. The van der Waals surface area contributed by atoms with Crippen LogP contribution in [0.25, 0.3) is 0 Å². The van der Waals surface area contributed by atoms with Gasteiger partial charge in [-0.05, 0) is 36.1 Å². The molecule has 0 aliphatic carbocycles. The minimum atomic E-state index is -6.36. The molecule has 2 aliphatic heterocycles. The maximum Gasteiger partial charge on any atom is 0.461 e. The zero-order valence-corrected chi connectivity index (χ0v) is 28.9. The highest BCUT2D eigenvalue weighted by Crippen LogP contribution is 2.45. The van der Waals surface area contributed by atoms with E-state index >= 15 is 8.78 Å². The van der Waals surface area contributed by atoms with Crippen molar-refractivity contribution in [2.45, 2.75) is 78.2 Å². The van der Waals surface area contributed by atoms with Crippen molar-refractivity contribution in [1.82, 2.24) is 14.7 Å². The van der Waals surface area contributed by atoms with Gasteiger partial charge in [0.25, 0.3) is 17.7 Å². The summed E-state index contributed by atoms with van der Waals surface area (Å²) in [6.45, 7) is 7.66. The fourth-order valence-corrected chi connectivity index (χ4v) is 5.55. The van der Waals surface area contributed by atoms with Crippen LogP contribution in [0.3, 0.4) is 0 Å². The third-order valence-corrected chi connectivity index (χ3v) is 8.17. The summed E-state index contributed by atoms with van der Waals surface area (Å²) in [4.78, 5) is 81.5. The number of esters is 2. The van der Waals surface area contributed by atoms with Crippen molar-refractivity contribution in [3.8, 4) is 0 Å². The van der Waals surface area contributed by atoms with Gasteiger partial charge in [0.05, 0.1) is 31.5 Å². The maximum absolute atomic E-state index is 15.3. The number of ether oxygens (including phenoxy) is 3. The van der Waals surface area contributed by atoms with Crippen LogP contribution in [0, 0.1) is 11.8 Å². The minimum Gasteiger partial charge on any atom is -0.461 e. The fourth-order valence-electron chi connectivity index (χ4n) is 5.55. The first-order valence-electron chi connectivity index (χ1n) is 16.1. The van der Waals surface area contributed by atoms with Gasteiger partial charge in [-0.2, -0.15) is 22.0 Å². The van der Waals surface area contributed by atoms with Crippen LogP contribution in [0.4, 0.5) is 22.0 Å². The number of benzene rings is 1. The number of alkyl halides is 5. The second-order valence-electron chi connectivity index (χ2n) is 12.7. The standard InChI is InChI=1S/C33H41F5N4O9/c1-17(2)25(39)31(48)41-16-23(50-19(5)43)15-24(41)30(47)42(26(18(3)4)27(51-20(6)44)32(34,35)33(36,37)38)29(46)22-9-7-21(8-10-22)28(45)40-11-13-49-14-12-40/h7-10,17-18,23-25H,11-16,39H2,1-6H3/b27-26+/t23-,24+,25+/m1/s1. The molecule has 1 aromatic rings. The highest BCUT2D eigenvalue weighted by molar-refractivity contribution is 6.09. The number of imide groups is 1. The molecule has 3 rings (SSSR count). The topological polar surface area (TPSA) is 166 Å². The Kier molecular flexibility index (Phi) is 13.1. The predicted molar refractivity (Wildman–Crippen MR) is 167 cm³/mol. The summed E-state index contributed by atoms with van der Waals surface area (Å²) in [6, 6.07) is 1.53. The summed E-state index contributed by atoms with van der Waals surface area (Å²) in [7, 11) is 0. The van der Waals surface area contributed by atoms with Crippen LogP contribution in [0.15, 0.2) is 35.7 Å². The summed E-state index contributed by atoms with van der Waals surface area (Å²) in [5.41, 5.74) is 4.39. The lowest BCUT2D eigenvalue weighted by Crippen LogP contribution is -2.55. The Labute approximate surface area is 290 Å². The van der Waals surface area contributed by atoms with Crippen molar-refractivity contribution in [1.29, 1.82) is 0 Å². The van der Waals surface area contributed by atoms with Crippen molar-refractivity contribution in [2.24, 2.45) is 17.6 Å². The average Bonchev–Trinajstić information content (AvgIpc) is 3.47. The van der Waals surface area contributed by atoms with E-state index in [1.807, 2.05) is 0 Å². The van der Waals surface area contributed by atoms with E-state index in [1.54, 1.807) is 13.8 Å². The minimum absolute atomic E-state index is 0.0172. The zero-order chi connectivity index (χ0) is 38.6. The molecule has 1 aromatic carbocycles. The number of carbonyl (C=O) groups excluding carboxylic acids is 6. The van der Waals surface area contributed by atoms with Crippen molar-refractivity contribution in [2.75, 3.05) is 32.8 Å². The number of nitrogens with zero attached hydrogens (tertiary/aromatic N) is 3. The van der Waals surface area contributed by atoms with E-state index in [-0.39, 0.29) is 36.8 Å². The van der Waals surface area contributed by atoms with Crippen LogP contribution in [0.5, 0.6) is 0 Å². The quantitative estimate of drug-likeness (QED) is 0.163. The highest BCUT2D eigenvalue weighted by atomic mass is 19.4. The molecule has 0 bridgehead atoms. The first-order chi connectivity index (χ1) is 23.6. The van der Waals surface area contributed by atoms with Gasteiger partial charge in [-0.15, -0.1) is 0 Å². The van der Waals surface area contributed by atoms with Crippen molar-refractivity contribution in [3.63, 3.8) is 0 Å². The molecule has 282 valence electrons. The van der Waals surface area contributed by atoms with Crippen LogP contribution < -0.4 is 5.73 Å². The van der Waals surface area contributed by atoms with Gasteiger partial charge in [0.1, 0.15) is 12.1 Å². The molecule has 2 N–H and O–H groups in total. The molecule has 51 heavy (non-hydrogen) atoms. The van der Waals surface area contributed by atoms with Gasteiger partial charge in [-0.1, -0.05) is 27.7 Å². The molecule has 3 atom stereocenters. The third-order valence-electron chi connectivity index (χ3n) is 8.17. The molecule has 2 aliphatic rings. The Hall–Kier alpha value is -4.45. The molecular weight excluding hydrogens is 691 g/mol. The molecule has 4 amide bonds. The van der Waals surface area contributed by atoms with E-state index in [2.05, 4.69) is 4.74 Å². The van der Waals surface area contributed by atoms with E-state index in [4.69, 9.17) is 15.2 Å². The second kappa shape index (κ2) is 16.3. The number of likely N-dealkylation sites (tertiary alicyclic amines) is 1. The summed E-state index contributed by atoms with van der Waals surface area (Å²) in [5.74, 6) is -16.9. The first-order valence-corrected chi connectivity index (χ1v) is 16.1. The molecule has 0 unspecified atom stereocenters. The number of rotatable bonds is 10. The van der Waals surface area contributed by atoms with Crippen molar-refractivity contribution < 1.29 is 64.9 Å². The van der Waals surface area contributed by atoms with Gasteiger partial charge in [0.2, 0.25) is 11.7 Å². The predicted octanol–water partition coefficient (Wildman–Crippen LogP) is 3.27. The maximum atomic E-state index is 15.3. The molecule has 18 heteroatoms. The Morgan fingerprint density at radius 3 is 1.92 bits per heavy atom. The van der Waals surface area contributed by atoms with Gasteiger partial charge in [-0.3, -0.25) is 28.8 Å². The summed E-state index contributed by atoms with van der Waals surface area (Å²) in [6.07, 6.45) is -8.01. The summed E-state index contributed by atoms with van der Waals surface area (Å²) >= 11 is 0. The van der Waals surface area contributed by atoms with Crippen LogP contribution in [-0.2, 0) is 33.4 Å². The highest BCUT2D eigenvalue weighted by Gasteiger charge is 2.64. The number of hydrogen-bond donors (Lipinski definition) is 1. The summed E-state index contributed by atoms with van der Waals surface area (Å²) < 4.78 is 87.1. The van der Waals surface area contributed by atoms with Crippen molar-refractivity contribution >= 4 is 35.6 Å². The lowest BCUT2D eigenvalue weighted by Gasteiger charge is -2.35. The monoisotopic (exact) mass is 732 g/mol. The van der Waals surface area contributed by atoms with E-state index < -0.39 is 108 Å². The number of amides is 4. The number of hydrogen-bond acceptors (Lipinski definition) is 10. The van der Waals surface area contributed by atoms with Gasteiger partial charge in [-0.25, -0.2) is 4.90 Å². The van der Waals surface area contributed by atoms with Crippen LogP contribution >= 0.6 is 0 Å². The first kappa shape index (κ1) is 41.0. The Morgan fingerprint density at radius 1 is 0.902 bits per heavy atom. The molecule has 2 heterocycles. The lowest BCUT2D eigenvalue weighted by atomic mass is 10.00. The van der Waals surface area contributed by atoms with E-state index in [0.717, 1.165) is 37.8 Å². The normalized spacial score (nSPS) is 19.4. The summed E-state index contributed by atoms with van der Waals surface area (Å²) in [5, 5.41) is 0. The number of morpholine rings is 1. The van der Waals surface area contributed by atoms with Crippen molar-refractivity contribution in [3.05, 3.63) is 46.8 Å². The average molecular weight is 733 g/mol. The molecule has 0 spiro atoms. The lowest BCUT2D eigenvalue weighted by molar-refractivity contribution is -0.276. The fraction of sp³-hybridized carbons (Fsp3) is 0.576. The molecule has 0 saturated carbocycles. The van der Waals surface area contributed by atoms with E-state index in [1.165, 1.54) is 17.0 Å². The molecule has 2 fully saturated rings. The molecule has 0 radical (unpaired) electrons. The van der Waals surface area contributed by atoms with E-state index in [0.29, 0.717) is 6.92 Å². The third kappa shape index (κ3) is 9.27. The smallest absolute Gasteiger partial charge is 0.461 e. The second-order valence-corrected chi connectivity index (χ2v) is 12.7.